The van der Waals surface area contributed by atoms with Gasteiger partial charge in [-0.15, -0.1) is 0 Å². The summed E-state index contributed by atoms with van der Waals surface area (Å²) in [5, 5.41) is 0. The van der Waals surface area contributed by atoms with Crippen molar-refractivity contribution in [2.75, 3.05) is 59.7 Å². The van der Waals surface area contributed by atoms with Crippen molar-refractivity contribution < 1.29 is 18.7 Å². The second-order valence-electron chi connectivity index (χ2n) is 6.81. The number of methoxy groups -OCH3 is 1. The summed E-state index contributed by atoms with van der Waals surface area (Å²) in [6.45, 7) is 5.92. The molecule has 0 N–H and O–H groups in total. The molecule has 1 spiro atoms. The van der Waals surface area contributed by atoms with Crippen molar-refractivity contribution in [2.24, 2.45) is 5.41 Å². The quantitative estimate of drug-likeness (QED) is 0.838. The average Bonchev–Trinajstić information content (AvgIpc) is 2.85. The zero-order valence-electron chi connectivity index (χ0n) is 14.2. The molecule has 0 radical (unpaired) electrons. The van der Waals surface area contributed by atoms with Gasteiger partial charge in [0.2, 0.25) is 0 Å². The van der Waals surface area contributed by atoms with Crippen molar-refractivity contribution in [1.82, 2.24) is 9.80 Å². The number of likely N-dealkylation sites (tertiary alicyclic amines) is 1. The first-order valence-corrected chi connectivity index (χ1v) is 8.46. The highest BCUT2D eigenvalue weighted by Gasteiger charge is 2.42. The molecule has 2 saturated heterocycles. The lowest BCUT2D eigenvalue weighted by Crippen LogP contribution is -2.43. The Bertz CT molecular complexity index is 583. The van der Waals surface area contributed by atoms with Crippen molar-refractivity contribution >= 4 is 5.91 Å². The summed E-state index contributed by atoms with van der Waals surface area (Å²) in [6.07, 6.45) is 1.00. The van der Waals surface area contributed by atoms with E-state index in [0.717, 1.165) is 26.1 Å². The molecular weight excluding hydrogens is 311 g/mol. The van der Waals surface area contributed by atoms with E-state index in [1.165, 1.54) is 12.1 Å². The summed E-state index contributed by atoms with van der Waals surface area (Å²) in [6, 6.07) is 5.91. The largest absolute Gasteiger partial charge is 0.383 e. The molecule has 2 heterocycles. The summed E-state index contributed by atoms with van der Waals surface area (Å²) in [5.74, 6) is -0.497. The van der Waals surface area contributed by atoms with Crippen LogP contribution in [-0.4, -0.2) is 75.4 Å². The minimum Gasteiger partial charge on any atom is -0.383 e. The van der Waals surface area contributed by atoms with E-state index in [1.54, 1.807) is 19.2 Å². The van der Waals surface area contributed by atoms with E-state index in [9.17, 15) is 9.18 Å². The summed E-state index contributed by atoms with van der Waals surface area (Å²) >= 11 is 0. The molecule has 0 aliphatic carbocycles. The monoisotopic (exact) mass is 336 g/mol. The summed E-state index contributed by atoms with van der Waals surface area (Å²) in [7, 11) is 1.71. The number of benzene rings is 1. The molecule has 132 valence electrons. The van der Waals surface area contributed by atoms with Crippen LogP contribution in [0.1, 0.15) is 16.8 Å². The normalized spacial score (nSPS) is 25.2. The number of ether oxygens (including phenoxy) is 2. The van der Waals surface area contributed by atoms with Crippen LogP contribution < -0.4 is 0 Å². The predicted octanol–water partition coefficient (Wildman–Crippen LogP) is 1.64. The van der Waals surface area contributed by atoms with Crippen molar-refractivity contribution in [3.05, 3.63) is 35.6 Å². The highest BCUT2D eigenvalue weighted by atomic mass is 19.1. The predicted molar refractivity (Wildman–Crippen MR) is 88.5 cm³/mol. The van der Waals surface area contributed by atoms with Crippen LogP contribution in [0.25, 0.3) is 0 Å². The van der Waals surface area contributed by atoms with E-state index < -0.39 is 0 Å². The number of hydrogen-bond acceptors (Lipinski definition) is 4. The van der Waals surface area contributed by atoms with E-state index in [4.69, 9.17) is 9.47 Å². The molecule has 1 aromatic carbocycles. The topological polar surface area (TPSA) is 42.0 Å². The third-order valence-corrected chi connectivity index (χ3v) is 4.93. The number of carbonyl (C=O) groups excluding carboxylic acids is 1. The van der Waals surface area contributed by atoms with Gasteiger partial charge in [0.25, 0.3) is 5.91 Å². The van der Waals surface area contributed by atoms with Gasteiger partial charge >= 0.3 is 0 Å². The van der Waals surface area contributed by atoms with Gasteiger partial charge in [0.05, 0.1) is 19.8 Å². The van der Waals surface area contributed by atoms with E-state index >= 15 is 0 Å². The lowest BCUT2D eigenvalue weighted by atomic mass is 9.87. The fraction of sp³-hybridized carbons (Fsp3) is 0.611. The van der Waals surface area contributed by atoms with Crippen LogP contribution in [0.5, 0.6) is 0 Å². The number of nitrogens with zero attached hydrogens (tertiary/aromatic N) is 2. The number of amides is 1. The maximum absolute atomic E-state index is 13.4. The van der Waals surface area contributed by atoms with Crippen LogP contribution in [0, 0.1) is 11.2 Å². The Kier molecular flexibility index (Phi) is 5.48. The fourth-order valence-electron chi connectivity index (χ4n) is 3.66. The average molecular weight is 336 g/mol. The van der Waals surface area contributed by atoms with E-state index in [1.807, 2.05) is 4.90 Å². The Balaban J connectivity index is 1.70. The number of hydrogen-bond donors (Lipinski definition) is 0. The van der Waals surface area contributed by atoms with Crippen LogP contribution in [0.2, 0.25) is 0 Å². The standard InChI is InChI=1S/C18H25FN2O3/c1-23-9-7-20-6-5-18(12-20)13-21(8-10-24-14-18)17(22)15-3-2-4-16(19)11-15/h2-4,11H,5-10,12-14H2,1H3. The van der Waals surface area contributed by atoms with Gasteiger partial charge in [-0.05, 0) is 31.2 Å². The minimum atomic E-state index is -0.381. The van der Waals surface area contributed by atoms with Crippen molar-refractivity contribution in [1.29, 1.82) is 0 Å². The van der Waals surface area contributed by atoms with Gasteiger partial charge < -0.3 is 19.3 Å². The molecule has 24 heavy (non-hydrogen) atoms. The molecular formula is C18H25FN2O3. The first-order chi connectivity index (χ1) is 11.6. The second-order valence-corrected chi connectivity index (χ2v) is 6.81. The van der Waals surface area contributed by atoms with E-state index in [0.29, 0.717) is 38.5 Å². The van der Waals surface area contributed by atoms with Crippen LogP contribution in [0.3, 0.4) is 0 Å². The SMILES string of the molecule is COCCN1CCC2(COCCN(C(=O)c3cccc(F)c3)C2)C1. The zero-order chi connectivity index (χ0) is 17.0. The molecule has 1 amide bonds. The highest BCUT2D eigenvalue weighted by molar-refractivity contribution is 5.94. The van der Waals surface area contributed by atoms with Gasteiger partial charge in [-0.1, -0.05) is 6.07 Å². The van der Waals surface area contributed by atoms with Gasteiger partial charge in [-0.2, -0.15) is 0 Å². The third kappa shape index (κ3) is 3.94. The molecule has 1 atom stereocenters. The summed E-state index contributed by atoms with van der Waals surface area (Å²) in [4.78, 5) is 17.0. The van der Waals surface area contributed by atoms with Gasteiger partial charge in [0.1, 0.15) is 5.82 Å². The van der Waals surface area contributed by atoms with Crippen molar-refractivity contribution in [3.8, 4) is 0 Å². The molecule has 2 aliphatic rings. The highest BCUT2D eigenvalue weighted by Crippen LogP contribution is 2.33. The molecule has 1 aromatic rings. The summed E-state index contributed by atoms with van der Waals surface area (Å²) < 4.78 is 24.4. The maximum Gasteiger partial charge on any atom is 0.254 e. The molecule has 1 unspecified atom stereocenters. The lowest BCUT2D eigenvalue weighted by molar-refractivity contribution is 0.0629. The number of carbonyl (C=O) groups is 1. The maximum atomic E-state index is 13.4. The second kappa shape index (κ2) is 7.59. The molecule has 0 bridgehead atoms. The Labute approximate surface area is 142 Å². The van der Waals surface area contributed by atoms with Gasteiger partial charge in [0.15, 0.2) is 0 Å². The molecule has 0 aromatic heterocycles. The summed E-state index contributed by atoms with van der Waals surface area (Å²) in [5.41, 5.74) is 0.369. The molecule has 5 nitrogen and oxygen atoms in total. The van der Waals surface area contributed by atoms with Gasteiger partial charge in [-0.25, -0.2) is 4.39 Å². The Hall–Kier alpha value is -1.50. The molecule has 2 fully saturated rings. The zero-order valence-corrected chi connectivity index (χ0v) is 14.2. The minimum absolute atomic E-state index is 0.0345. The van der Waals surface area contributed by atoms with E-state index in [2.05, 4.69) is 4.90 Å². The first-order valence-electron chi connectivity index (χ1n) is 8.46. The molecule has 6 heteroatoms. The number of halogens is 1. The van der Waals surface area contributed by atoms with Crippen molar-refractivity contribution in [3.63, 3.8) is 0 Å². The van der Waals surface area contributed by atoms with E-state index in [-0.39, 0.29) is 17.1 Å². The molecule has 3 rings (SSSR count). The lowest BCUT2D eigenvalue weighted by Gasteiger charge is -2.32. The van der Waals surface area contributed by atoms with Crippen LogP contribution in [0.4, 0.5) is 4.39 Å². The van der Waals surface area contributed by atoms with Gasteiger partial charge in [0, 0.05) is 44.3 Å². The molecule has 0 saturated carbocycles. The van der Waals surface area contributed by atoms with Crippen molar-refractivity contribution in [2.45, 2.75) is 6.42 Å². The van der Waals surface area contributed by atoms with Gasteiger partial charge in [-0.3, -0.25) is 4.79 Å². The first kappa shape index (κ1) is 17.3. The fourth-order valence-corrected chi connectivity index (χ4v) is 3.66. The van der Waals surface area contributed by atoms with Crippen LogP contribution in [-0.2, 0) is 9.47 Å². The Morgan fingerprint density at radius 1 is 1.38 bits per heavy atom. The Morgan fingerprint density at radius 2 is 2.25 bits per heavy atom. The van der Waals surface area contributed by atoms with Crippen LogP contribution in [0.15, 0.2) is 24.3 Å². The Morgan fingerprint density at radius 3 is 3.04 bits per heavy atom. The third-order valence-electron chi connectivity index (χ3n) is 4.93. The smallest absolute Gasteiger partial charge is 0.254 e. The number of rotatable bonds is 4. The van der Waals surface area contributed by atoms with Crippen LogP contribution >= 0.6 is 0 Å². The molecule has 2 aliphatic heterocycles.